The summed E-state index contributed by atoms with van der Waals surface area (Å²) in [7, 11) is -3.84. The van der Waals surface area contributed by atoms with Gasteiger partial charge in [0, 0.05) is 30.0 Å². The Morgan fingerprint density at radius 1 is 1.27 bits per heavy atom. The van der Waals surface area contributed by atoms with Gasteiger partial charge in [0.2, 0.25) is 0 Å². The largest absolute Gasteiger partial charge is 0.387 e. The Labute approximate surface area is 194 Å². The van der Waals surface area contributed by atoms with Crippen molar-refractivity contribution in [3.05, 3.63) is 77.1 Å². The third-order valence-electron chi connectivity index (χ3n) is 5.28. The predicted molar refractivity (Wildman–Crippen MR) is 121 cm³/mol. The van der Waals surface area contributed by atoms with E-state index < -0.39 is 27.5 Å². The normalized spacial score (nSPS) is 21.3. The molecule has 1 aliphatic rings. The molecule has 1 aromatic heterocycles. The van der Waals surface area contributed by atoms with Gasteiger partial charge < -0.3 is 9.84 Å². The van der Waals surface area contributed by atoms with E-state index in [1.54, 1.807) is 23.6 Å². The molecule has 2 atom stereocenters. The van der Waals surface area contributed by atoms with Crippen LogP contribution in [0, 0.1) is 5.82 Å². The van der Waals surface area contributed by atoms with E-state index in [4.69, 9.17) is 4.74 Å². The summed E-state index contributed by atoms with van der Waals surface area (Å²) >= 11 is 1.15. The standard InChI is InChI=1S/C22H22FN3O5S2/c23-18-4-2-1-3-16(18)11-22(28)12-19(25-14-31-13-22)20(27)15-5-7-17(8-6-15)33(29,30)26-21-24-9-10-32-21/h1-10,19,25,28H,11-14H2,(H,24,26). The van der Waals surface area contributed by atoms with Gasteiger partial charge in [-0.3, -0.25) is 14.8 Å². The predicted octanol–water partition coefficient (Wildman–Crippen LogP) is 2.58. The molecule has 4 rings (SSSR count). The quantitative estimate of drug-likeness (QED) is 0.435. The number of aliphatic hydroxyl groups is 1. The maximum absolute atomic E-state index is 14.1. The van der Waals surface area contributed by atoms with Gasteiger partial charge in [-0.15, -0.1) is 11.3 Å². The average molecular weight is 492 g/mol. The van der Waals surface area contributed by atoms with E-state index in [2.05, 4.69) is 15.0 Å². The first kappa shape index (κ1) is 23.5. The van der Waals surface area contributed by atoms with Crippen LogP contribution in [0.25, 0.3) is 0 Å². The highest BCUT2D eigenvalue weighted by atomic mass is 32.2. The molecular weight excluding hydrogens is 469 g/mol. The van der Waals surface area contributed by atoms with E-state index in [1.165, 1.54) is 36.5 Å². The summed E-state index contributed by atoms with van der Waals surface area (Å²) in [5, 5.41) is 15.9. The van der Waals surface area contributed by atoms with E-state index >= 15 is 0 Å². The second-order valence-electron chi connectivity index (χ2n) is 7.78. The van der Waals surface area contributed by atoms with Crippen LogP contribution in [0.1, 0.15) is 22.3 Å². The van der Waals surface area contributed by atoms with Crippen molar-refractivity contribution < 1.29 is 27.4 Å². The van der Waals surface area contributed by atoms with Crippen molar-refractivity contribution in [2.45, 2.75) is 29.4 Å². The Hall–Kier alpha value is -2.70. The number of carbonyl (C=O) groups excluding carboxylic acids is 1. The van der Waals surface area contributed by atoms with E-state index in [0.717, 1.165) is 11.3 Å². The first-order chi connectivity index (χ1) is 15.8. The van der Waals surface area contributed by atoms with Crippen LogP contribution in [0.5, 0.6) is 0 Å². The van der Waals surface area contributed by atoms with Crippen molar-refractivity contribution >= 4 is 32.3 Å². The highest BCUT2D eigenvalue weighted by molar-refractivity contribution is 7.93. The van der Waals surface area contributed by atoms with Crippen LogP contribution in [0.4, 0.5) is 9.52 Å². The Morgan fingerprint density at radius 2 is 2.03 bits per heavy atom. The van der Waals surface area contributed by atoms with Crippen LogP contribution >= 0.6 is 11.3 Å². The minimum atomic E-state index is -3.84. The molecule has 0 amide bonds. The van der Waals surface area contributed by atoms with Crippen LogP contribution in [0.3, 0.4) is 0 Å². The van der Waals surface area contributed by atoms with Crippen molar-refractivity contribution in [1.29, 1.82) is 0 Å². The van der Waals surface area contributed by atoms with Crippen molar-refractivity contribution in [1.82, 2.24) is 10.3 Å². The molecule has 0 bridgehead atoms. The molecule has 8 nitrogen and oxygen atoms in total. The maximum Gasteiger partial charge on any atom is 0.263 e. The van der Waals surface area contributed by atoms with E-state index in [9.17, 15) is 22.7 Å². The van der Waals surface area contributed by atoms with Gasteiger partial charge >= 0.3 is 0 Å². The average Bonchev–Trinajstić information content (AvgIpc) is 3.21. The van der Waals surface area contributed by atoms with Gasteiger partial charge in [0.25, 0.3) is 10.0 Å². The topological polar surface area (TPSA) is 118 Å². The number of sulfonamides is 1. The number of aromatic nitrogens is 1. The number of hydrogen-bond donors (Lipinski definition) is 3. The molecule has 0 aliphatic carbocycles. The smallest absolute Gasteiger partial charge is 0.263 e. The molecule has 0 spiro atoms. The number of anilines is 1. The molecular formula is C22H22FN3O5S2. The fourth-order valence-electron chi connectivity index (χ4n) is 3.66. The Kier molecular flexibility index (Phi) is 6.86. The number of carbonyl (C=O) groups is 1. The molecule has 33 heavy (non-hydrogen) atoms. The van der Waals surface area contributed by atoms with Crippen LogP contribution in [-0.2, 0) is 21.2 Å². The number of nitrogens with one attached hydrogen (secondary N) is 2. The zero-order valence-corrected chi connectivity index (χ0v) is 19.0. The lowest BCUT2D eigenvalue weighted by atomic mass is 9.86. The molecule has 0 radical (unpaired) electrons. The second kappa shape index (κ2) is 9.65. The Morgan fingerprint density at radius 3 is 2.73 bits per heavy atom. The Bertz CT molecular complexity index is 1220. The molecule has 3 N–H and O–H groups in total. The number of nitrogens with zero attached hydrogens (tertiary/aromatic N) is 1. The zero-order valence-electron chi connectivity index (χ0n) is 17.4. The van der Waals surface area contributed by atoms with E-state index in [-0.39, 0.29) is 47.6 Å². The van der Waals surface area contributed by atoms with E-state index in [1.807, 2.05) is 0 Å². The van der Waals surface area contributed by atoms with Crippen LogP contribution in [-0.4, -0.2) is 49.3 Å². The Balaban J connectivity index is 1.49. The molecule has 2 heterocycles. The summed E-state index contributed by atoms with van der Waals surface area (Å²) in [5.41, 5.74) is -0.845. The summed E-state index contributed by atoms with van der Waals surface area (Å²) in [4.78, 5) is 17.0. The van der Waals surface area contributed by atoms with Gasteiger partial charge in [0.15, 0.2) is 10.9 Å². The molecule has 3 aromatic rings. The molecule has 174 valence electrons. The monoisotopic (exact) mass is 491 g/mol. The summed E-state index contributed by atoms with van der Waals surface area (Å²) in [5.74, 6) is -0.765. The van der Waals surface area contributed by atoms with Gasteiger partial charge in [0.05, 0.1) is 29.9 Å². The van der Waals surface area contributed by atoms with Gasteiger partial charge in [-0.25, -0.2) is 17.8 Å². The van der Waals surface area contributed by atoms with Crippen molar-refractivity contribution in [2.75, 3.05) is 18.1 Å². The summed E-state index contributed by atoms with van der Waals surface area (Å²) in [6, 6.07) is 10.9. The minimum absolute atomic E-state index is 0.00577. The fourth-order valence-corrected chi connectivity index (χ4v) is 5.45. The zero-order chi connectivity index (χ0) is 23.5. The van der Waals surface area contributed by atoms with Crippen LogP contribution in [0.2, 0.25) is 0 Å². The number of Topliss-reactive ketones (excluding diaryl/α,β-unsaturated/α-hetero) is 1. The lowest BCUT2D eigenvalue weighted by molar-refractivity contribution is -0.0382. The number of rotatable bonds is 7. The van der Waals surface area contributed by atoms with Crippen molar-refractivity contribution in [3.63, 3.8) is 0 Å². The third kappa shape index (κ3) is 5.63. The van der Waals surface area contributed by atoms with E-state index in [0.29, 0.717) is 5.56 Å². The number of hydrogen-bond acceptors (Lipinski definition) is 8. The lowest BCUT2D eigenvalue weighted by Gasteiger charge is -2.28. The first-order valence-corrected chi connectivity index (χ1v) is 12.5. The molecule has 11 heteroatoms. The molecule has 1 fully saturated rings. The molecule has 1 aliphatic heterocycles. The van der Waals surface area contributed by atoms with Gasteiger partial charge in [-0.1, -0.05) is 18.2 Å². The first-order valence-electron chi connectivity index (χ1n) is 10.1. The molecule has 2 aromatic carbocycles. The lowest BCUT2D eigenvalue weighted by Crippen LogP contribution is -2.44. The highest BCUT2D eigenvalue weighted by Crippen LogP contribution is 2.25. The SMILES string of the molecule is O=C(c1ccc(S(=O)(=O)Nc2nccs2)cc1)C1CC(O)(Cc2ccccc2F)COCN1. The van der Waals surface area contributed by atoms with Crippen LogP contribution in [0.15, 0.2) is 65.0 Å². The number of thiazole rings is 1. The molecule has 0 saturated carbocycles. The number of benzene rings is 2. The van der Waals surface area contributed by atoms with Gasteiger partial charge in [0.1, 0.15) is 5.82 Å². The fraction of sp³-hybridized carbons (Fsp3) is 0.273. The summed E-state index contributed by atoms with van der Waals surface area (Å²) in [6.45, 7) is -0.0160. The number of ketones is 1. The maximum atomic E-state index is 14.1. The van der Waals surface area contributed by atoms with Gasteiger partial charge in [-0.05, 0) is 35.9 Å². The van der Waals surface area contributed by atoms with Crippen LogP contribution < -0.4 is 10.0 Å². The molecule has 2 unspecified atom stereocenters. The number of ether oxygens (including phenoxy) is 1. The minimum Gasteiger partial charge on any atom is -0.387 e. The van der Waals surface area contributed by atoms with Crippen molar-refractivity contribution in [3.8, 4) is 0 Å². The van der Waals surface area contributed by atoms with Gasteiger partial charge in [-0.2, -0.15) is 0 Å². The molecule has 1 saturated heterocycles. The third-order valence-corrected chi connectivity index (χ3v) is 7.46. The second-order valence-corrected chi connectivity index (χ2v) is 10.4. The highest BCUT2D eigenvalue weighted by Gasteiger charge is 2.37. The van der Waals surface area contributed by atoms with Crippen molar-refractivity contribution in [2.24, 2.45) is 0 Å². The number of halogens is 1. The summed E-state index contributed by atoms with van der Waals surface area (Å²) < 4.78 is 46.9. The summed E-state index contributed by atoms with van der Waals surface area (Å²) in [6.07, 6.45) is 1.48.